The number of imide groups is 1. The van der Waals surface area contributed by atoms with Crippen LogP contribution in [-0.4, -0.2) is 33.5 Å². The van der Waals surface area contributed by atoms with E-state index in [0.29, 0.717) is 24.4 Å². The summed E-state index contributed by atoms with van der Waals surface area (Å²) in [4.78, 5) is 38.3. The molecule has 2 heterocycles. The standard InChI is InChI=1S/C25H26N4O5/c1-16-21(17(2)34-28-16)15-33-20-11-7-10-19(14-20)22(30)27-29-23(31)25(3,26-24(29)32)13-12-18-8-5-4-6-9-18/h4-11,14H,12-13,15H2,1-3H3,(H,26,32)(H,27,30)/t25-/m1/s1. The van der Waals surface area contributed by atoms with Crippen molar-refractivity contribution < 1.29 is 23.6 Å². The van der Waals surface area contributed by atoms with Crippen molar-refractivity contribution in [3.63, 3.8) is 0 Å². The van der Waals surface area contributed by atoms with E-state index in [1.807, 2.05) is 37.3 Å². The SMILES string of the molecule is Cc1noc(C)c1COc1cccc(C(=O)NN2C(=O)N[C@](C)(CCc3ccccc3)C2=O)c1. The van der Waals surface area contributed by atoms with Crippen LogP contribution >= 0.6 is 0 Å². The number of aryl methyl sites for hydroxylation is 3. The van der Waals surface area contributed by atoms with Gasteiger partial charge in [0.15, 0.2) is 0 Å². The number of nitrogens with one attached hydrogen (secondary N) is 2. The molecule has 3 aromatic rings. The molecule has 1 saturated heterocycles. The molecule has 0 unspecified atom stereocenters. The molecule has 1 fully saturated rings. The van der Waals surface area contributed by atoms with E-state index < -0.39 is 23.4 Å². The summed E-state index contributed by atoms with van der Waals surface area (Å²) in [7, 11) is 0. The molecule has 1 aliphatic rings. The molecule has 9 nitrogen and oxygen atoms in total. The maximum atomic E-state index is 13.0. The van der Waals surface area contributed by atoms with Gasteiger partial charge in [0.25, 0.3) is 11.8 Å². The number of hydrogen-bond acceptors (Lipinski definition) is 6. The summed E-state index contributed by atoms with van der Waals surface area (Å²) < 4.78 is 10.9. The molecule has 2 aromatic carbocycles. The molecular weight excluding hydrogens is 436 g/mol. The minimum atomic E-state index is -1.11. The van der Waals surface area contributed by atoms with Crippen LogP contribution < -0.4 is 15.5 Å². The fraction of sp³-hybridized carbons (Fsp3) is 0.280. The molecule has 0 bridgehead atoms. The zero-order valence-corrected chi connectivity index (χ0v) is 19.3. The highest BCUT2D eigenvalue weighted by Gasteiger charge is 2.48. The predicted molar refractivity (Wildman–Crippen MR) is 123 cm³/mol. The fourth-order valence-electron chi connectivity index (χ4n) is 3.75. The van der Waals surface area contributed by atoms with Gasteiger partial charge in [0.2, 0.25) is 0 Å². The van der Waals surface area contributed by atoms with Crippen LogP contribution in [0.3, 0.4) is 0 Å². The molecule has 0 radical (unpaired) electrons. The largest absolute Gasteiger partial charge is 0.489 e. The molecule has 0 spiro atoms. The first-order chi connectivity index (χ1) is 16.3. The Hall–Kier alpha value is -4.14. The number of benzene rings is 2. The topological polar surface area (TPSA) is 114 Å². The maximum absolute atomic E-state index is 13.0. The van der Waals surface area contributed by atoms with Crippen LogP contribution in [0.1, 0.15) is 46.3 Å². The van der Waals surface area contributed by atoms with Gasteiger partial charge in [-0.15, -0.1) is 0 Å². The highest BCUT2D eigenvalue weighted by molar-refractivity contribution is 6.09. The van der Waals surface area contributed by atoms with Gasteiger partial charge in [-0.25, -0.2) is 4.79 Å². The summed E-state index contributed by atoms with van der Waals surface area (Å²) in [6.45, 7) is 5.52. The van der Waals surface area contributed by atoms with Gasteiger partial charge in [-0.05, 0) is 57.4 Å². The normalized spacial score (nSPS) is 17.6. The lowest BCUT2D eigenvalue weighted by Gasteiger charge is -2.21. The third-order valence-corrected chi connectivity index (χ3v) is 5.89. The molecule has 34 heavy (non-hydrogen) atoms. The molecule has 0 aliphatic carbocycles. The van der Waals surface area contributed by atoms with Crippen LogP contribution in [0, 0.1) is 13.8 Å². The van der Waals surface area contributed by atoms with E-state index in [-0.39, 0.29) is 12.2 Å². The lowest BCUT2D eigenvalue weighted by atomic mass is 9.93. The van der Waals surface area contributed by atoms with E-state index in [1.165, 1.54) is 0 Å². The quantitative estimate of drug-likeness (QED) is 0.496. The van der Waals surface area contributed by atoms with Gasteiger partial charge in [0, 0.05) is 5.56 Å². The third kappa shape index (κ3) is 4.78. The average Bonchev–Trinajstić information content (AvgIpc) is 3.27. The number of nitrogens with zero attached hydrogens (tertiary/aromatic N) is 2. The average molecular weight is 463 g/mol. The van der Waals surface area contributed by atoms with Gasteiger partial charge in [0.1, 0.15) is 23.7 Å². The summed E-state index contributed by atoms with van der Waals surface area (Å²) in [5.74, 6) is 0.0176. The van der Waals surface area contributed by atoms with E-state index in [0.717, 1.165) is 21.8 Å². The Morgan fingerprint density at radius 3 is 2.62 bits per heavy atom. The van der Waals surface area contributed by atoms with Crippen LogP contribution in [0.15, 0.2) is 59.1 Å². The molecule has 1 aromatic heterocycles. The second-order valence-electron chi connectivity index (χ2n) is 8.45. The van der Waals surface area contributed by atoms with Crippen molar-refractivity contribution in [1.29, 1.82) is 0 Å². The monoisotopic (exact) mass is 462 g/mol. The number of urea groups is 1. The third-order valence-electron chi connectivity index (χ3n) is 5.89. The van der Waals surface area contributed by atoms with E-state index in [2.05, 4.69) is 15.9 Å². The number of rotatable bonds is 8. The fourth-order valence-corrected chi connectivity index (χ4v) is 3.75. The van der Waals surface area contributed by atoms with Crippen molar-refractivity contribution in [2.24, 2.45) is 0 Å². The van der Waals surface area contributed by atoms with Crippen molar-refractivity contribution in [2.75, 3.05) is 0 Å². The van der Waals surface area contributed by atoms with Crippen molar-refractivity contribution >= 4 is 17.8 Å². The zero-order chi connectivity index (χ0) is 24.3. The molecule has 1 aliphatic heterocycles. The Balaban J connectivity index is 1.39. The number of hydrogen-bond donors (Lipinski definition) is 2. The Bertz CT molecular complexity index is 1200. The second-order valence-corrected chi connectivity index (χ2v) is 8.45. The lowest BCUT2D eigenvalue weighted by Crippen LogP contribution is -2.48. The Morgan fingerprint density at radius 2 is 1.91 bits per heavy atom. The Labute approximate surface area is 197 Å². The number of amides is 4. The van der Waals surface area contributed by atoms with E-state index in [4.69, 9.17) is 9.26 Å². The zero-order valence-electron chi connectivity index (χ0n) is 19.3. The van der Waals surface area contributed by atoms with Crippen LogP contribution in [0.5, 0.6) is 5.75 Å². The summed E-state index contributed by atoms with van der Waals surface area (Å²) >= 11 is 0. The molecule has 1 atom stereocenters. The predicted octanol–water partition coefficient (Wildman–Crippen LogP) is 3.46. The summed E-state index contributed by atoms with van der Waals surface area (Å²) in [6.07, 6.45) is 1.01. The number of aromatic nitrogens is 1. The summed E-state index contributed by atoms with van der Waals surface area (Å²) in [6, 6.07) is 15.5. The highest BCUT2D eigenvalue weighted by Crippen LogP contribution is 2.23. The maximum Gasteiger partial charge on any atom is 0.344 e. The molecule has 4 rings (SSSR count). The molecule has 9 heteroatoms. The van der Waals surface area contributed by atoms with Gasteiger partial charge in [-0.1, -0.05) is 41.6 Å². The minimum absolute atomic E-state index is 0.235. The Kier molecular flexibility index (Phi) is 6.36. The van der Waals surface area contributed by atoms with Crippen molar-refractivity contribution in [3.8, 4) is 5.75 Å². The van der Waals surface area contributed by atoms with Crippen molar-refractivity contribution in [1.82, 2.24) is 20.9 Å². The number of carbonyl (C=O) groups excluding carboxylic acids is 3. The van der Waals surface area contributed by atoms with Gasteiger partial charge < -0.3 is 14.6 Å². The Morgan fingerprint density at radius 1 is 1.15 bits per heavy atom. The summed E-state index contributed by atoms with van der Waals surface area (Å²) in [5.41, 5.74) is 4.18. The minimum Gasteiger partial charge on any atom is -0.489 e. The van der Waals surface area contributed by atoms with Gasteiger partial charge in [-0.2, -0.15) is 5.01 Å². The highest BCUT2D eigenvalue weighted by atomic mass is 16.5. The van der Waals surface area contributed by atoms with Crippen molar-refractivity contribution in [2.45, 2.75) is 45.8 Å². The van der Waals surface area contributed by atoms with Gasteiger partial charge >= 0.3 is 6.03 Å². The van der Waals surface area contributed by atoms with Crippen LogP contribution in [0.4, 0.5) is 4.79 Å². The number of ether oxygens (including phenoxy) is 1. The van der Waals surface area contributed by atoms with Crippen LogP contribution in [0.2, 0.25) is 0 Å². The van der Waals surface area contributed by atoms with Crippen LogP contribution in [-0.2, 0) is 17.8 Å². The molecule has 2 N–H and O–H groups in total. The van der Waals surface area contributed by atoms with E-state index >= 15 is 0 Å². The van der Waals surface area contributed by atoms with Crippen molar-refractivity contribution in [3.05, 3.63) is 82.7 Å². The second kappa shape index (κ2) is 9.38. The molecular formula is C25H26N4O5. The lowest BCUT2D eigenvalue weighted by molar-refractivity contribution is -0.132. The van der Waals surface area contributed by atoms with E-state index in [9.17, 15) is 14.4 Å². The number of carbonyl (C=O) groups is 3. The number of hydrazine groups is 1. The first-order valence-electron chi connectivity index (χ1n) is 10.9. The van der Waals surface area contributed by atoms with Gasteiger partial charge in [-0.3, -0.25) is 15.0 Å². The molecule has 0 saturated carbocycles. The summed E-state index contributed by atoms with van der Waals surface area (Å²) in [5, 5.41) is 7.33. The first-order valence-corrected chi connectivity index (χ1v) is 10.9. The van der Waals surface area contributed by atoms with E-state index in [1.54, 1.807) is 38.1 Å². The molecule has 4 amide bonds. The molecule has 176 valence electrons. The van der Waals surface area contributed by atoms with Gasteiger partial charge in [0.05, 0.1) is 11.3 Å². The van der Waals surface area contributed by atoms with Crippen LogP contribution in [0.25, 0.3) is 0 Å². The first kappa shape index (κ1) is 23.0. The smallest absolute Gasteiger partial charge is 0.344 e.